The summed E-state index contributed by atoms with van der Waals surface area (Å²) in [6.45, 7) is 5.29. The molecule has 1 aromatic carbocycles. The molecule has 1 heterocycles. The fourth-order valence-electron chi connectivity index (χ4n) is 2.56. The zero-order valence-corrected chi connectivity index (χ0v) is 14.0. The van der Waals surface area contributed by atoms with Crippen LogP contribution in [0, 0.1) is 11.8 Å². The van der Waals surface area contributed by atoms with Crippen LogP contribution in [0.2, 0.25) is 0 Å². The van der Waals surface area contributed by atoms with E-state index in [9.17, 15) is 4.79 Å². The molecule has 3 nitrogen and oxygen atoms in total. The van der Waals surface area contributed by atoms with E-state index in [4.69, 9.17) is 0 Å². The van der Waals surface area contributed by atoms with Crippen LogP contribution in [0.3, 0.4) is 0 Å². The third kappa shape index (κ3) is 5.77. The Labute approximate surface area is 139 Å². The summed E-state index contributed by atoms with van der Waals surface area (Å²) in [6.07, 6.45) is 6.78. The normalized spacial score (nSPS) is 15.0. The van der Waals surface area contributed by atoms with Gasteiger partial charge in [0.25, 0.3) is 0 Å². The van der Waals surface area contributed by atoms with Gasteiger partial charge in [-0.05, 0) is 30.6 Å². The lowest BCUT2D eigenvalue weighted by molar-refractivity contribution is -0.124. The number of amides is 1. The highest BCUT2D eigenvalue weighted by atomic mass is 16.2. The molecule has 0 saturated carbocycles. The van der Waals surface area contributed by atoms with E-state index in [1.807, 2.05) is 50.4 Å². The van der Waals surface area contributed by atoms with Crippen LogP contribution in [0.5, 0.6) is 0 Å². The van der Waals surface area contributed by atoms with Crippen molar-refractivity contribution in [3.8, 4) is 11.8 Å². The van der Waals surface area contributed by atoms with Crippen LogP contribution < -0.4 is 0 Å². The van der Waals surface area contributed by atoms with Crippen molar-refractivity contribution in [1.29, 1.82) is 0 Å². The van der Waals surface area contributed by atoms with Gasteiger partial charge in [0.1, 0.15) is 0 Å². The smallest absolute Gasteiger partial charge is 0.246 e. The number of likely N-dealkylation sites (N-methyl/N-ethyl adjacent to an activating group) is 1. The Morgan fingerprint density at radius 2 is 2.13 bits per heavy atom. The van der Waals surface area contributed by atoms with Crippen LogP contribution in [0.15, 0.2) is 48.1 Å². The minimum atomic E-state index is 0.0280. The molecular formula is C20H24N2O. The predicted molar refractivity (Wildman–Crippen MR) is 95.7 cm³/mol. The third-order valence-electron chi connectivity index (χ3n) is 3.82. The molecule has 1 amide bonds. The molecule has 0 unspecified atom stereocenters. The summed E-state index contributed by atoms with van der Waals surface area (Å²) in [6, 6.07) is 9.87. The van der Waals surface area contributed by atoms with Crippen molar-refractivity contribution >= 4 is 12.0 Å². The molecule has 0 spiro atoms. The summed E-state index contributed by atoms with van der Waals surface area (Å²) in [5.74, 6) is 6.07. The van der Waals surface area contributed by atoms with Gasteiger partial charge in [-0.1, -0.05) is 42.3 Å². The molecule has 1 aliphatic heterocycles. The Morgan fingerprint density at radius 3 is 2.87 bits per heavy atom. The van der Waals surface area contributed by atoms with Crippen molar-refractivity contribution < 1.29 is 4.79 Å². The van der Waals surface area contributed by atoms with E-state index in [0.29, 0.717) is 6.54 Å². The molecule has 0 saturated heterocycles. The number of nitrogens with zero attached hydrogens (tertiary/aromatic N) is 2. The molecule has 0 radical (unpaired) electrons. The molecule has 120 valence electrons. The SMILES string of the molecule is CC#CCN1CCC=C(CN(C)C(=O)/C=C/c2ccccc2)C1. The fourth-order valence-corrected chi connectivity index (χ4v) is 2.56. The average Bonchev–Trinajstić information content (AvgIpc) is 2.59. The highest BCUT2D eigenvalue weighted by molar-refractivity contribution is 5.91. The Bertz CT molecular complexity index is 635. The second-order valence-electron chi connectivity index (χ2n) is 5.73. The molecular weight excluding hydrogens is 284 g/mol. The Hall–Kier alpha value is -2.31. The molecule has 0 atom stereocenters. The first-order chi connectivity index (χ1) is 11.2. The van der Waals surface area contributed by atoms with Gasteiger partial charge in [0.15, 0.2) is 0 Å². The molecule has 1 aromatic rings. The Morgan fingerprint density at radius 1 is 1.35 bits per heavy atom. The molecule has 23 heavy (non-hydrogen) atoms. The topological polar surface area (TPSA) is 23.6 Å². The third-order valence-corrected chi connectivity index (χ3v) is 3.82. The van der Waals surface area contributed by atoms with E-state index in [2.05, 4.69) is 22.8 Å². The second-order valence-corrected chi connectivity index (χ2v) is 5.73. The summed E-state index contributed by atoms with van der Waals surface area (Å²) in [5, 5.41) is 0. The predicted octanol–water partition coefficient (Wildman–Crippen LogP) is 2.81. The van der Waals surface area contributed by atoms with Gasteiger partial charge < -0.3 is 4.90 Å². The van der Waals surface area contributed by atoms with Crippen LogP contribution in [-0.4, -0.2) is 48.9 Å². The summed E-state index contributed by atoms with van der Waals surface area (Å²) < 4.78 is 0. The van der Waals surface area contributed by atoms with Gasteiger partial charge in [0.2, 0.25) is 5.91 Å². The summed E-state index contributed by atoms with van der Waals surface area (Å²) in [4.78, 5) is 16.3. The standard InChI is InChI=1S/C20H24N2O/c1-3-4-14-22-15-8-11-19(17-22)16-21(2)20(23)13-12-18-9-6-5-7-10-18/h5-7,9-13H,8,14-17H2,1-2H3/b13-12+. The van der Waals surface area contributed by atoms with Crippen LogP contribution in [0.1, 0.15) is 18.9 Å². The molecule has 0 bridgehead atoms. The number of hydrogen-bond donors (Lipinski definition) is 0. The number of carbonyl (C=O) groups excluding carboxylic acids is 1. The van der Waals surface area contributed by atoms with Crippen molar-refractivity contribution in [2.75, 3.05) is 33.2 Å². The summed E-state index contributed by atoms with van der Waals surface area (Å²) in [5.41, 5.74) is 2.33. The maximum absolute atomic E-state index is 12.2. The van der Waals surface area contributed by atoms with Crippen LogP contribution in [0.4, 0.5) is 0 Å². The molecule has 0 fully saturated rings. The number of rotatable bonds is 5. The van der Waals surface area contributed by atoms with Crippen LogP contribution >= 0.6 is 0 Å². The average molecular weight is 308 g/mol. The first kappa shape index (κ1) is 17.1. The van der Waals surface area contributed by atoms with Crippen LogP contribution in [-0.2, 0) is 4.79 Å². The summed E-state index contributed by atoms with van der Waals surface area (Å²) >= 11 is 0. The van der Waals surface area contributed by atoms with Gasteiger partial charge in [-0.25, -0.2) is 0 Å². The second kappa shape index (κ2) is 8.97. The lowest BCUT2D eigenvalue weighted by Crippen LogP contribution is -2.35. The van der Waals surface area contributed by atoms with Gasteiger partial charge in [-0.3, -0.25) is 9.69 Å². The number of carbonyl (C=O) groups is 1. The zero-order valence-electron chi connectivity index (χ0n) is 14.0. The highest BCUT2D eigenvalue weighted by Crippen LogP contribution is 2.11. The molecule has 1 aliphatic rings. The monoisotopic (exact) mass is 308 g/mol. The van der Waals surface area contributed by atoms with Crippen molar-refractivity contribution in [2.24, 2.45) is 0 Å². The molecule has 0 aliphatic carbocycles. The lowest BCUT2D eigenvalue weighted by Gasteiger charge is -2.27. The Balaban J connectivity index is 1.86. The molecule has 3 heteroatoms. The van der Waals surface area contributed by atoms with E-state index < -0.39 is 0 Å². The van der Waals surface area contributed by atoms with E-state index in [1.165, 1.54) is 5.57 Å². The number of benzene rings is 1. The minimum absolute atomic E-state index is 0.0280. The largest absolute Gasteiger partial charge is 0.338 e. The van der Waals surface area contributed by atoms with E-state index >= 15 is 0 Å². The van der Waals surface area contributed by atoms with Gasteiger partial charge >= 0.3 is 0 Å². The van der Waals surface area contributed by atoms with E-state index in [1.54, 1.807) is 11.0 Å². The van der Waals surface area contributed by atoms with Gasteiger partial charge in [-0.15, -0.1) is 5.92 Å². The van der Waals surface area contributed by atoms with Crippen molar-refractivity contribution in [2.45, 2.75) is 13.3 Å². The summed E-state index contributed by atoms with van der Waals surface area (Å²) in [7, 11) is 1.85. The van der Waals surface area contributed by atoms with Crippen molar-refractivity contribution in [3.63, 3.8) is 0 Å². The van der Waals surface area contributed by atoms with E-state index in [-0.39, 0.29) is 5.91 Å². The quantitative estimate of drug-likeness (QED) is 0.474. The molecule has 0 N–H and O–H groups in total. The van der Waals surface area contributed by atoms with Gasteiger partial charge in [0.05, 0.1) is 6.54 Å². The molecule has 0 aromatic heterocycles. The van der Waals surface area contributed by atoms with E-state index in [0.717, 1.165) is 31.6 Å². The lowest BCUT2D eigenvalue weighted by atomic mass is 10.1. The van der Waals surface area contributed by atoms with Crippen LogP contribution in [0.25, 0.3) is 6.08 Å². The first-order valence-electron chi connectivity index (χ1n) is 7.97. The highest BCUT2D eigenvalue weighted by Gasteiger charge is 2.14. The maximum Gasteiger partial charge on any atom is 0.246 e. The van der Waals surface area contributed by atoms with Gasteiger partial charge in [-0.2, -0.15) is 0 Å². The molecule has 2 rings (SSSR count). The maximum atomic E-state index is 12.2. The fraction of sp³-hybridized carbons (Fsp3) is 0.350. The Kier molecular flexibility index (Phi) is 6.65. The first-order valence-corrected chi connectivity index (χ1v) is 7.97. The van der Waals surface area contributed by atoms with Crippen molar-refractivity contribution in [1.82, 2.24) is 9.80 Å². The zero-order chi connectivity index (χ0) is 16.5. The minimum Gasteiger partial charge on any atom is -0.338 e. The van der Waals surface area contributed by atoms with Crippen molar-refractivity contribution in [3.05, 3.63) is 53.6 Å². The number of hydrogen-bond acceptors (Lipinski definition) is 2. The van der Waals surface area contributed by atoms with Gasteiger partial charge in [0, 0.05) is 32.8 Å².